The Kier molecular flexibility index (Phi) is 6.17. The van der Waals surface area contributed by atoms with E-state index in [0.717, 1.165) is 48.2 Å². The zero-order chi connectivity index (χ0) is 15.1. The van der Waals surface area contributed by atoms with E-state index in [1.165, 1.54) is 0 Å². The van der Waals surface area contributed by atoms with Crippen molar-refractivity contribution >= 4 is 11.6 Å². The van der Waals surface area contributed by atoms with Gasteiger partial charge < -0.3 is 5.11 Å². The summed E-state index contributed by atoms with van der Waals surface area (Å²) < 4.78 is 0. The minimum atomic E-state index is 0.176. The Balaban J connectivity index is 2.05. The van der Waals surface area contributed by atoms with E-state index >= 15 is 0 Å². The van der Waals surface area contributed by atoms with Gasteiger partial charge in [0.15, 0.2) is 0 Å². The molecule has 0 saturated carbocycles. The van der Waals surface area contributed by atoms with Gasteiger partial charge in [0.05, 0.1) is 6.54 Å². The number of aromatic nitrogens is 3. The molecule has 1 heterocycles. The van der Waals surface area contributed by atoms with Crippen molar-refractivity contribution in [1.29, 1.82) is 0 Å². The smallest absolute Gasteiger partial charge is 0.150 e. The van der Waals surface area contributed by atoms with Gasteiger partial charge in [-0.3, -0.25) is 10.00 Å². The second-order valence-electron chi connectivity index (χ2n) is 4.93. The van der Waals surface area contributed by atoms with Crippen molar-refractivity contribution in [3.8, 4) is 0 Å². The zero-order valence-electron chi connectivity index (χ0n) is 12.2. The summed E-state index contributed by atoms with van der Waals surface area (Å²) in [4.78, 5) is 6.64. The number of H-pyrrole nitrogens is 1. The number of nitrogens with zero attached hydrogens (tertiary/aromatic N) is 3. The third-order valence-corrected chi connectivity index (χ3v) is 3.62. The Labute approximate surface area is 130 Å². The van der Waals surface area contributed by atoms with Crippen molar-refractivity contribution in [3.05, 3.63) is 46.5 Å². The van der Waals surface area contributed by atoms with Crippen molar-refractivity contribution < 1.29 is 5.11 Å². The summed E-state index contributed by atoms with van der Waals surface area (Å²) in [5.41, 5.74) is 1.08. The molecule has 0 atom stereocenters. The number of halogens is 1. The van der Waals surface area contributed by atoms with Crippen LogP contribution >= 0.6 is 11.6 Å². The van der Waals surface area contributed by atoms with Gasteiger partial charge in [-0.05, 0) is 18.1 Å². The highest BCUT2D eigenvalue weighted by atomic mass is 35.5. The second kappa shape index (κ2) is 8.12. The van der Waals surface area contributed by atoms with Gasteiger partial charge in [-0.25, -0.2) is 4.98 Å². The lowest BCUT2D eigenvalue weighted by Crippen LogP contribution is -2.25. The summed E-state index contributed by atoms with van der Waals surface area (Å²) in [5.74, 6) is 1.67. The SMILES string of the molecule is CCc1n[nH]c(CN(CCCO)Cc2ccccc2Cl)n1. The van der Waals surface area contributed by atoms with Crippen LogP contribution < -0.4 is 0 Å². The number of hydrogen-bond acceptors (Lipinski definition) is 4. The van der Waals surface area contributed by atoms with Crippen LogP contribution in [0.25, 0.3) is 0 Å². The molecule has 114 valence electrons. The fourth-order valence-electron chi connectivity index (χ4n) is 2.15. The minimum Gasteiger partial charge on any atom is -0.396 e. The molecule has 2 N–H and O–H groups in total. The Hall–Kier alpha value is -1.43. The first-order valence-corrected chi connectivity index (χ1v) is 7.57. The summed E-state index contributed by atoms with van der Waals surface area (Å²) in [6, 6.07) is 7.82. The fourth-order valence-corrected chi connectivity index (χ4v) is 2.35. The van der Waals surface area contributed by atoms with Gasteiger partial charge in [0.1, 0.15) is 11.6 Å². The highest BCUT2D eigenvalue weighted by molar-refractivity contribution is 6.31. The zero-order valence-corrected chi connectivity index (χ0v) is 13.0. The van der Waals surface area contributed by atoms with Crippen LogP contribution in [0, 0.1) is 0 Å². The van der Waals surface area contributed by atoms with Crippen molar-refractivity contribution in [2.45, 2.75) is 32.9 Å². The molecule has 0 spiro atoms. The molecular formula is C15H21ClN4O. The van der Waals surface area contributed by atoms with Crippen molar-refractivity contribution in [2.24, 2.45) is 0 Å². The summed E-state index contributed by atoms with van der Waals surface area (Å²) >= 11 is 6.22. The summed E-state index contributed by atoms with van der Waals surface area (Å²) in [7, 11) is 0. The predicted octanol–water partition coefficient (Wildman–Crippen LogP) is 2.41. The lowest BCUT2D eigenvalue weighted by molar-refractivity contribution is 0.209. The molecule has 2 rings (SSSR count). The lowest BCUT2D eigenvalue weighted by Gasteiger charge is -2.21. The molecule has 6 heteroatoms. The second-order valence-corrected chi connectivity index (χ2v) is 5.34. The van der Waals surface area contributed by atoms with Gasteiger partial charge in [-0.1, -0.05) is 36.7 Å². The van der Waals surface area contributed by atoms with Crippen LogP contribution in [-0.2, 0) is 19.5 Å². The van der Waals surface area contributed by atoms with Crippen LogP contribution in [0.4, 0.5) is 0 Å². The third kappa shape index (κ3) is 4.81. The third-order valence-electron chi connectivity index (χ3n) is 3.25. The Morgan fingerprint density at radius 2 is 2.10 bits per heavy atom. The average molecular weight is 309 g/mol. The van der Waals surface area contributed by atoms with Crippen LogP contribution in [0.1, 0.15) is 30.6 Å². The number of hydrogen-bond donors (Lipinski definition) is 2. The molecule has 0 fully saturated rings. The minimum absolute atomic E-state index is 0.176. The molecule has 1 aromatic heterocycles. The average Bonchev–Trinajstić information content (AvgIpc) is 2.94. The van der Waals surface area contributed by atoms with Gasteiger partial charge in [-0.2, -0.15) is 5.10 Å². The van der Waals surface area contributed by atoms with Crippen molar-refractivity contribution in [2.75, 3.05) is 13.2 Å². The van der Waals surface area contributed by atoms with Crippen LogP contribution in [0.5, 0.6) is 0 Å². The molecule has 0 aliphatic carbocycles. The molecule has 0 bridgehead atoms. The quantitative estimate of drug-likeness (QED) is 0.786. The van der Waals surface area contributed by atoms with E-state index in [4.69, 9.17) is 16.7 Å². The summed E-state index contributed by atoms with van der Waals surface area (Å²) in [5, 5.41) is 16.9. The molecular weight excluding hydrogens is 288 g/mol. The van der Waals surface area contributed by atoms with Gasteiger partial charge in [-0.15, -0.1) is 0 Å². The van der Waals surface area contributed by atoms with Gasteiger partial charge in [0.2, 0.25) is 0 Å². The molecule has 0 aliphatic rings. The number of aliphatic hydroxyl groups excluding tert-OH is 1. The van der Waals surface area contributed by atoms with E-state index in [9.17, 15) is 0 Å². The van der Waals surface area contributed by atoms with E-state index in [0.29, 0.717) is 6.54 Å². The monoisotopic (exact) mass is 308 g/mol. The maximum atomic E-state index is 9.06. The highest BCUT2D eigenvalue weighted by Crippen LogP contribution is 2.18. The molecule has 0 saturated heterocycles. The first kappa shape index (κ1) is 15.9. The van der Waals surface area contributed by atoms with Crippen molar-refractivity contribution in [1.82, 2.24) is 20.1 Å². The van der Waals surface area contributed by atoms with Crippen LogP contribution in [0.2, 0.25) is 5.02 Å². The largest absolute Gasteiger partial charge is 0.396 e. The highest BCUT2D eigenvalue weighted by Gasteiger charge is 2.11. The van der Waals surface area contributed by atoms with E-state index < -0.39 is 0 Å². The van der Waals surface area contributed by atoms with Gasteiger partial charge in [0, 0.05) is 31.1 Å². The number of benzene rings is 1. The molecule has 0 radical (unpaired) electrons. The van der Waals surface area contributed by atoms with Crippen molar-refractivity contribution in [3.63, 3.8) is 0 Å². The fraction of sp³-hybridized carbons (Fsp3) is 0.467. The first-order valence-electron chi connectivity index (χ1n) is 7.19. The molecule has 1 aromatic carbocycles. The van der Waals surface area contributed by atoms with E-state index in [1.807, 2.05) is 31.2 Å². The molecule has 0 unspecified atom stereocenters. The molecule has 0 amide bonds. The van der Waals surface area contributed by atoms with E-state index in [-0.39, 0.29) is 6.61 Å². The molecule has 5 nitrogen and oxygen atoms in total. The summed E-state index contributed by atoms with van der Waals surface area (Å²) in [6.45, 7) is 4.37. The van der Waals surface area contributed by atoms with Crippen LogP contribution in [0.15, 0.2) is 24.3 Å². The van der Waals surface area contributed by atoms with E-state index in [1.54, 1.807) is 0 Å². The topological polar surface area (TPSA) is 65.0 Å². The molecule has 0 aliphatic heterocycles. The number of aryl methyl sites for hydroxylation is 1. The predicted molar refractivity (Wildman–Crippen MR) is 83.0 cm³/mol. The van der Waals surface area contributed by atoms with Crippen LogP contribution in [0.3, 0.4) is 0 Å². The molecule has 2 aromatic rings. The number of rotatable bonds is 8. The van der Waals surface area contributed by atoms with Gasteiger partial charge in [0.25, 0.3) is 0 Å². The van der Waals surface area contributed by atoms with Crippen LogP contribution in [-0.4, -0.2) is 38.3 Å². The Morgan fingerprint density at radius 3 is 2.76 bits per heavy atom. The number of nitrogens with one attached hydrogen (secondary N) is 1. The number of aromatic amines is 1. The number of aliphatic hydroxyl groups is 1. The Morgan fingerprint density at radius 1 is 1.29 bits per heavy atom. The maximum Gasteiger partial charge on any atom is 0.150 e. The standard InChI is InChI=1S/C15H21ClN4O/c1-2-14-17-15(19-18-14)11-20(8-5-9-21)10-12-6-3-4-7-13(12)16/h3-4,6-7,21H,2,5,8-11H2,1H3,(H,17,18,19). The summed E-state index contributed by atoms with van der Waals surface area (Å²) in [6.07, 6.45) is 1.54. The molecule has 21 heavy (non-hydrogen) atoms. The van der Waals surface area contributed by atoms with E-state index in [2.05, 4.69) is 20.1 Å². The Bertz CT molecular complexity index is 558. The lowest BCUT2D eigenvalue weighted by atomic mass is 10.2. The van der Waals surface area contributed by atoms with Gasteiger partial charge >= 0.3 is 0 Å². The normalized spacial score (nSPS) is 11.2. The first-order chi connectivity index (χ1) is 10.2. The maximum absolute atomic E-state index is 9.06.